The van der Waals surface area contributed by atoms with Crippen LogP contribution in [0.25, 0.3) is 0 Å². The number of hydroxylamine groups is 2. The van der Waals surface area contributed by atoms with Gasteiger partial charge in [0.2, 0.25) is 17.0 Å². The standard InChI is InChI=1S/C13H17ClN4O2S/c1-10-17(14)12-9-15(2)21(20)16(13(12)18(10)19)8-11-6-4-3-5-7-11/h3-7,10,18H,8-9H2,1-2H3. The van der Waals surface area contributed by atoms with Gasteiger partial charge in [-0.15, -0.1) is 0 Å². The number of benzene rings is 1. The molecule has 3 rings (SSSR count). The van der Waals surface area contributed by atoms with Gasteiger partial charge in [-0.3, -0.25) is 0 Å². The van der Waals surface area contributed by atoms with Gasteiger partial charge in [0.15, 0.2) is 6.17 Å². The molecule has 0 amide bonds. The van der Waals surface area contributed by atoms with Gasteiger partial charge in [-0.25, -0.2) is 17.2 Å². The molecule has 2 heterocycles. The molecular weight excluding hydrogens is 312 g/mol. The van der Waals surface area contributed by atoms with Gasteiger partial charge in [-0.1, -0.05) is 30.3 Å². The van der Waals surface area contributed by atoms with Crippen molar-refractivity contribution in [3.8, 4) is 0 Å². The topological polar surface area (TPSA) is 54.3 Å². The van der Waals surface area contributed by atoms with E-state index >= 15 is 0 Å². The van der Waals surface area contributed by atoms with Crippen molar-refractivity contribution in [3.63, 3.8) is 0 Å². The molecule has 3 atom stereocenters. The van der Waals surface area contributed by atoms with Crippen LogP contribution in [0.4, 0.5) is 0 Å². The third kappa shape index (κ3) is 2.45. The predicted octanol–water partition coefficient (Wildman–Crippen LogP) is 0.380. The first-order chi connectivity index (χ1) is 10.0. The van der Waals surface area contributed by atoms with E-state index in [1.54, 1.807) is 22.6 Å². The molecule has 1 aromatic carbocycles. The molecule has 0 saturated carbocycles. The van der Waals surface area contributed by atoms with Gasteiger partial charge in [0.1, 0.15) is 5.70 Å². The largest absolute Gasteiger partial charge is 0.626 e. The summed E-state index contributed by atoms with van der Waals surface area (Å²) in [5.74, 6) is 0.484. The van der Waals surface area contributed by atoms with Crippen molar-refractivity contribution in [1.82, 2.24) is 13.0 Å². The summed E-state index contributed by atoms with van der Waals surface area (Å²) >= 11 is 4.83. The summed E-state index contributed by atoms with van der Waals surface area (Å²) in [5.41, 5.74) is 1.73. The summed E-state index contributed by atoms with van der Waals surface area (Å²) < 4.78 is 17.3. The van der Waals surface area contributed by atoms with Gasteiger partial charge >= 0.3 is 0 Å². The molecule has 0 aliphatic carbocycles. The average molecular weight is 329 g/mol. The third-order valence-corrected chi connectivity index (χ3v) is 5.58. The summed E-state index contributed by atoms with van der Waals surface area (Å²) in [6, 6.07) is 9.68. The minimum atomic E-state index is -1.38. The van der Waals surface area contributed by atoms with Crippen molar-refractivity contribution >= 4 is 22.9 Å². The molecule has 0 aromatic heterocycles. The first-order valence-electron chi connectivity index (χ1n) is 6.67. The van der Waals surface area contributed by atoms with Gasteiger partial charge in [-0.05, 0) is 5.56 Å². The van der Waals surface area contributed by atoms with Gasteiger partial charge < -0.3 is 10.3 Å². The maximum absolute atomic E-state index is 12.5. The fourth-order valence-corrected chi connectivity index (χ4v) is 3.99. The second-order valence-corrected chi connectivity index (χ2v) is 7.08. The molecule has 0 bridgehead atoms. The van der Waals surface area contributed by atoms with Crippen LogP contribution in [-0.2, 0) is 17.7 Å². The number of hydrogen-bond donors (Lipinski definition) is 1. The minimum absolute atomic E-state index is 0.0719. The van der Waals surface area contributed by atoms with Crippen molar-refractivity contribution in [2.45, 2.75) is 19.6 Å². The summed E-state index contributed by atoms with van der Waals surface area (Å²) in [6.07, 6.45) is -0.418. The average Bonchev–Trinajstić information content (AvgIpc) is 2.69. The molecule has 0 radical (unpaired) electrons. The van der Waals surface area contributed by atoms with Crippen LogP contribution >= 0.6 is 11.8 Å². The van der Waals surface area contributed by atoms with E-state index in [9.17, 15) is 9.42 Å². The molecule has 6 nitrogen and oxygen atoms in total. The molecule has 0 saturated heterocycles. The first kappa shape index (κ1) is 14.8. The Balaban J connectivity index is 1.98. The third-order valence-electron chi connectivity index (χ3n) is 3.73. The number of hydrogen-bond acceptors (Lipinski definition) is 3. The van der Waals surface area contributed by atoms with E-state index < -0.39 is 17.3 Å². The maximum Gasteiger partial charge on any atom is 0.239 e. The monoisotopic (exact) mass is 328 g/mol. The first-order valence-corrected chi connectivity index (χ1v) is 8.08. The van der Waals surface area contributed by atoms with E-state index in [0.29, 0.717) is 18.9 Å². The molecule has 0 spiro atoms. The highest BCUT2D eigenvalue weighted by Gasteiger charge is 2.45. The van der Waals surface area contributed by atoms with Crippen LogP contribution in [0.3, 0.4) is 0 Å². The molecule has 2 aliphatic rings. The highest BCUT2D eigenvalue weighted by Crippen LogP contribution is 2.28. The van der Waals surface area contributed by atoms with Crippen molar-refractivity contribution in [2.24, 2.45) is 0 Å². The summed E-state index contributed by atoms with van der Waals surface area (Å²) in [7, 11) is 1.76. The molecule has 1 aromatic rings. The Hall–Kier alpha value is -1.12. The Labute approximate surface area is 131 Å². The second-order valence-electron chi connectivity index (χ2n) is 5.19. The highest BCUT2D eigenvalue weighted by atomic mass is 35.5. The normalized spacial score (nSPS) is 30.0. The molecule has 2 aliphatic heterocycles. The van der Waals surface area contributed by atoms with E-state index in [1.165, 1.54) is 4.42 Å². The predicted molar refractivity (Wildman–Crippen MR) is 81.3 cm³/mol. The van der Waals surface area contributed by atoms with Crippen LogP contribution in [0.15, 0.2) is 41.8 Å². The Morgan fingerprint density at radius 2 is 2.10 bits per heavy atom. The van der Waals surface area contributed by atoms with Crippen LogP contribution in [-0.4, -0.2) is 37.0 Å². The SMILES string of the molecule is CC1N(Cl)C2=C(N(Cc3ccccc3)S(=O)N(C)C2)[NH+]1[O-]. The highest BCUT2D eigenvalue weighted by molar-refractivity contribution is 7.80. The fraction of sp³-hybridized carbons (Fsp3) is 0.385. The molecule has 21 heavy (non-hydrogen) atoms. The summed E-state index contributed by atoms with van der Waals surface area (Å²) in [4.78, 5) is 0. The van der Waals surface area contributed by atoms with Gasteiger partial charge in [0.05, 0.1) is 13.1 Å². The minimum Gasteiger partial charge on any atom is -0.626 e. The van der Waals surface area contributed by atoms with E-state index in [1.807, 2.05) is 30.3 Å². The number of halogens is 1. The van der Waals surface area contributed by atoms with E-state index in [-0.39, 0.29) is 5.06 Å². The van der Waals surface area contributed by atoms with Crippen LogP contribution in [0, 0.1) is 5.21 Å². The lowest BCUT2D eigenvalue weighted by Crippen LogP contribution is -3.09. The van der Waals surface area contributed by atoms with Crippen molar-refractivity contribution < 1.29 is 9.27 Å². The maximum atomic E-state index is 12.5. The molecule has 0 fully saturated rings. The number of rotatable bonds is 2. The number of nitrogens with one attached hydrogen (secondary N) is 1. The zero-order chi connectivity index (χ0) is 15.1. The summed E-state index contributed by atoms with van der Waals surface area (Å²) in [6.45, 7) is 2.59. The Morgan fingerprint density at radius 3 is 2.76 bits per heavy atom. The van der Waals surface area contributed by atoms with Crippen molar-refractivity contribution in [3.05, 3.63) is 52.6 Å². The Kier molecular flexibility index (Phi) is 3.94. The van der Waals surface area contributed by atoms with Crippen LogP contribution in [0.5, 0.6) is 0 Å². The Morgan fingerprint density at radius 1 is 1.43 bits per heavy atom. The molecule has 3 unspecified atom stereocenters. The molecular formula is C13H17ClN4O2S. The zero-order valence-corrected chi connectivity index (χ0v) is 13.4. The lowest BCUT2D eigenvalue weighted by molar-refractivity contribution is -0.841. The Bertz CT molecular complexity index is 597. The second kappa shape index (κ2) is 5.58. The van der Waals surface area contributed by atoms with Crippen LogP contribution in [0.2, 0.25) is 0 Å². The number of likely N-dealkylation sites (N-methyl/N-ethyl adjacent to an activating group) is 1. The van der Waals surface area contributed by atoms with E-state index in [0.717, 1.165) is 11.3 Å². The molecule has 8 heteroatoms. The zero-order valence-electron chi connectivity index (χ0n) is 11.8. The molecule has 1 N–H and O–H groups in total. The van der Waals surface area contributed by atoms with Crippen LogP contribution in [0.1, 0.15) is 12.5 Å². The van der Waals surface area contributed by atoms with Gasteiger partial charge in [-0.2, -0.15) is 0 Å². The van der Waals surface area contributed by atoms with Crippen molar-refractivity contribution in [1.29, 1.82) is 0 Å². The lowest BCUT2D eigenvalue weighted by atomic mass is 10.2. The van der Waals surface area contributed by atoms with E-state index in [4.69, 9.17) is 11.8 Å². The van der Waals surface area contributed by atoms with Gasteiger partial charge in [0.25, 0.3) is 0 Å². The van der Waals surface area contributed by atoms with Crippen LogP contribution < -0.4 is 5.06 Å². The quantitative estimate of drug-likeness (QED) is 0.631. The van der Waals surface area contributed by atoms with Gasteiger partial charge in [0, 0.05) is 25.7 Å². The van der Waals surface area contributed by atoms with Crippen molar-refractivity contribution in [2.75, 3.05) is 13.6 Å². The number of quaternary nitrogens is 1. The summed E-state index contributed by atoms with van der Waals surface area (Å²) in [5, 5.41) is 12.4. The fourth-order valence-electron chi connectivity index (χ4n) is 2.58. The smallest absolute Gasteiger partial charge is 0.239 e. The lowest BCUT2D eigenvalue weighted by Gasteiger charge is -2.35. The molecule has 114 valence electrons. The number of nitrogens with zero attached hydrogens (tertiary/aromatic N) is 3. The van der Waals surface area contributed by atoms with E-state index in [2.05, 4.69) is 0 Å².